The van der Waals surface area contributed by atoms with Crippen molar-refractivity contribution in [3.63, 3.8) is 0 Å². The van der Waals surface area contributed by atoms with Crippen molar-refractivity contribution in [2.45, 2.75) is 156 Å². The highest BCUT2D eigenvalue weighted by Crippen LogP contribution is 2.31. The quantitative estimate of drug-likeness (QED) is 0.0340. The van der Waals surface area contributed by atoms with Crippen LogP contribution in [0.3, 0.4) is 0 Å². The molecule has 0 aromatic heterocycles. The number of hydrogen-bond donors (Lipinski definition) is 16. The van der Waals surface area contributed by atoms with E-state index in [0.717, 1.165) is 0 Å². The fourth-order valence-corrected chi connectivity index (χ4v) is 7.81. The van der Waals surface area contributed by atoms with Gasteiger partial charge in [-0.15, -0.1) is 0 Å². The van der Waals surface area contributed by atoms with E-state index in [1.165, 1.54) is 18.9 Å². The lowest BCUT2D eigenvalue weighted by Crippen LogP contribution is -2.62. The number of aliphatic hydroxyl groups is 12. The minimum absolute atomic E-state index is 0.109. The van der Waals surface area contributed by atoms with Gasteiger partial charge in [0.15, 0.2) is 25.2 Å². The Hall–Kier alpha value is -2.96. The maximum atomic E-state index is 13.2. The minimum Gasteiger partial charge on any atom is -0.394 e. The van der Waals surface area contributed by atoms with Gasteiger partial charge in [0.25, 0.3) is 0 Å². The molecule has 4 amide bonds. The molecule has 4 fully saturated rings. The highest BCUT2D eigenvalue weighted by Gasteiger charge is 2.49. The summed E-state index contributed by atoms with van der Waals surface area (Å²) in [7, 11) is 1.53. The van der Waals surface area contributed by atoms with Crippen molar-refractivity contribution >= 4 is 23.6 Å². The molecular formula is C41H73N5O24. The van der Waals surface area contributed by atoms with Gasteiger partial charge >= 0.3 is 0 Å². The average molecular weight is 1020 g/mol. The SMILES string of the molecule is CNC(=O)CCCCCNC(=O)CN(CC(=O)NCCO[C@@H]1O[C@@H](C)[C@@H](O)[C@@H](O)[C@@H]1O)CC(=O)NCCO[C@@H]1O[C@H](CO[C@H]2O[C@H](CO)[C@@H](O)[C@H](O)[C@@H]2O)C[C@H](O[C@H]2O[C@H](CO)[C@@H](O)[C@H](O)[C@@H]2O)[C@H]1O. The summed E-state index contributed by atoms with van der Waals surface area (Å²) < 4.78 is 44.7. The van der Waals surface area contributed by atoms with Gasteiger partial charge in [0.1, 0.15) is 73.2 Å². The first kappa shape index (κ1) is 59.6. The van der Waals surface area contributed by atoms with Crippen molar-refractivity contribution in [2.24, 2.45) is 0 Å². The van der Waals surface area contributed by atoms with Crippen molar-refractivity contribution in [3.8, 4) is 0 Å². The smallest absolute Gasteiger partial charge is 0.234 e. The summed E-state index contributed by atoms with van der Waals surface area (Å²) in [5, 5.41) is 133. The summed E-state index contributed by atoms with van der Waals surface area (Å²) in [6.07, 6.45) is -26.8. The number of nitrogens with one attached hydrogen (secondary N) is 4. The van der Waals surface area contributed by atoms with Gasteiger partial charge in [0, 0.05) is 39.5 Å². The monoisotopic (exact) mass is 1020 g/mol. The summed E-state index contributed by atoms with van der Waals surface area (Å²) in [4.78, 5) is 51.8. The molecule has 406 valence electrons. The predicted molar refractivity (Wildman–Crippen MR) is 230 cm³/mol. The second-order valence-electron chi connectivity index (χ2n) is 17.4. The van der Waals surface area contributed by atoms with Gasteiger partial charge in [-0.05, 0) is 19.8 Å². The van der Waals surface area contributed by atoms with E-state index in [9.17, 15) is 80.5 Å². The zero-order valence-electron chi connectivity index (χ0n) is 39.0. The third kappa shape index (κ3) is 17.6. The number of aliphatic hydroxyl groups excluding tert-OH is 12. The molecule has 70 heavy (non-hydrogen) atoms. The Morgan fingerprint density at radius 1 is 0.529 bits per heavy atom. The lowest BCUT2D eigenvalue weighted by atomic mass is 9.98. The Morgan fingerprint density at radius 3 is 1.53 bits per heavy atom. The summed E-state index contributed by atoms with van der Waals surface area (Å²) >= 11 is 0. The lowest BCUT2D eigenvalue weighted by molar-refractivity contribution is -0.348. The van der Waals surface area contributed by atoms with E-state index in [-0.39, 0.29) is 45.2 Å². The molecule has 4 aliphatic rings. The van der Waals surface area contributed by atoms with Crippen LogP contribution in [0.4, 0.5) is 0 Å². The van der Waals surface area contributed by atoms with Crippen LogP contribution in [-0.2, 0) is 57.1 Å². The van der Waals surface area contributed by atoms with E-state index >= 15 is 0 Å². The maximum absolute atomic E-state index is 13.2. The van der Waals surface area contributed by atoms with E-state index in [1.54, 1.807) is 0 Å². The number of carbonyl (C=O) groups excluding carboxylic acids is 4. The van der Waals surface area contributed by atoms with Crippen LogP contribution >= 0.6 is 0 Å². The summed E-state index contributed by atoms with van der Waals surface area (Å²) in [6, 6.07) is 0. The molecule has 4 aliphatic heterocycles. The molecule has 4 heterocycles. The standard InChI is InChI=1S/C41H73N5O24/c1-19-28(53)32(57)35(60)39(66-19)64-11-9-45-27(52)15-46(13-25(50)43-7-5-3-4-6-24(49)42-2)14-26(51)44-8-10-63-38-31(56)21(68-41-37(62)34(59)30(55)23(17-48)70-41)12-20(67-38)18-65-40-36(61)33(58)29(54)22(16-47)69-40/h19-23,28-41,47-48,53-62H,3-18H2,1-2H3,(H,42,49)(H,43,50)(H,44,51)(H,45,52)/t19-,20-,21-,22+,23+,28+,29+,30+,31+,32+,33-,34-,35-,36-,37-,38+,39+,40-,41-/m0/s1. The average Bonchev–Trinajstić information content (AvgIpc) is 3.33. The van der Waals surface area contributed by atoms with E-state index in [4.69, 9.17) is 37.9 Å². The van der Waals surface area contributed by atoms with Gasteiger partial charge in [0.2, 0.25) is 23.6 Å². The van der Waals surface area contributed by atoms with Crippen molar-refractivity contribution in [1.29, 1.82) is 0 Å². The van der Waals surface area contributed by atoms with Crippen molar-refractivity contribution < 1.29 is 118 Å². The zero-order valence-corrected chi connectivity index (χ0v) is 39.0. The van der Waals surface area contributed by atoms with Gasteiger partial charge in [-0.25, -0.2) is 0 Å². The highest BCUT2D eigenvalue weighted by atomic mass is 16.7. The van der Waals surface area contributed by atoms with Crippen molar-refractivity contribution in [1.82, 2.24) is 26.2 Å². The number of unbranched alkanes of at least 4 members (excludes halogenated alkanes) is 2. The van der Waals surface area contributed by atoms with E-state index in [2.05, 4.69) is 21.3 Å². The molecule has 0 aliphatic carbocycles. The molecule has 0 aromatic carbocycles. The summed E-state index contributed by atoms with van der Waals surface area (Å²) in [5.41, 5.74) is 0. The number of amides is 4. The fourth-order valence-electron chi connectivity index (χ4n) is 7.81. The molecule has 16 N–H and O–H groups in total. The molecule has 29 heteroatoms. The predicted octanol–water partition coefficient (Wildman–Crippen LogP) is -9.72. The zero-order chi connectivity index (χ0) is 51.7. The van der Waals surface area contributed by atoms with Crippen molar-refractivity contribution in [2.75, 3.05) is 79.4 Å². The highest BCUT2D eigenvalue weighted by molar-refractivity contribution is 5.84. The van der Waals surface area contributed by atoms with Crippen molar-refractivity contribution in [3.05, 3.63) is 0 Å². The number of nitrogens with zero attached hydrogens (tertiary/aromatic N) is 1. The second-order valence-corrected chi connectivity index (χ2v) is 17.4. The Bertz CT molecular complexity index is 1590. The Kier molecular flexibility index (Phi) is 25.3. The normalized spacial score (nSPS) is 36.9. The molecule has 19 atom stereocenters. The molecule has 0 aromatic rings. The number of hydrogen-bond acceptors (Lipinski definition) is 25. The lowest BCUT2D eigenvalue weighted by Gasteiger charge is -2.44. The first-order chi connectivity index (χ1) is 33.3. The first-order valence-electron chi connectivity index (χ1n) is 23.2. The summed E-state index contributed by atoms with van der Waals surface area (Å²) in [5.74, 6) is -1.90. The largest absolute Gasteiger partial charge is 0.394 e. The fraction of sp³-hybridized carbons (Fsp3) is 0.902. The van der Waals surface area contributed by atoms with Crippen LogP contribution in [0.15, 0.2) is 0 Å². The van der Waals surface area contributed by atoms with Gasteiger partial charge in [-0.2, -0.15) is 0 Å². The third-order valence-corrected chi connectivity index (χ3v) is 11.9. The minimum atomic E-state index is -1.85. The molecular weight excluding hydrogens is 946 g/mol. The van der Waals surface area contributed by atoms with Gasteiger partial charge in [0.05, 0.1) is 71.0 Å². The van der Waals surface area contributed by atoms with Gasteiger partial charge in [-0.3, -0.25) is 24.1 Å². The Balaban J connectivity index is 1.34. The molecule has 0 radical (unpaired) electrons. The van der Waals surface area contributed by atoms with Gasteiger partial charge < -0.3 is 120 Å². The Labute approximate surface area is 402 Å². The molecule has 0 unspecified atom stereocenters. The van der Waals surface area contributed by atoms with E-state index in [1.807, 2.05) is 0 Å². The molecule has 29 nitrogen and oxygen atoms in total. The van der Waals surface area contributed by atoms with E-state index in [0.29, 0.717) is 25.7 Å². The molecule has 0 saturated carbocycles. The molecule has 0 spiro atoms. The van der Waals surface area contributed by atoms with Gasteiger partial charge in [-0.1, -0.05) is 6.42 Å². The topological polar surface area (TPSA) is 436 Å². The van der Waals surface area contributed by atoms with Crippen LogP contribution in [0.5, 0.6) is 0 Å². The molecule has 0 bridgehead atoms. The van der Waals surface area contributed by atoms with Crippen LogP contribution in [0.1, 0.15) is 39.0 Å². The van der Waals surface area contributed by atoms with Crippen LogP contribution in [0, 0.1) is 0 Å². The molecule has 4 saturated heterocycles. The third-order valence-electron chi connectivity index (χ3n) is 11.9. The first-order valence-corrected chi connectivity index (χ1v) is 23.2. The number of rotatable bonds is 27. The molecule has 4 rings (SSSR count). The maximum Gasteiger partial charge on any atom is 0.234 e. The van der Waals surface area contributed by atoms with E-state index < -0.39 is 174 Å². The second kappa shape index (κ2) is 29.7. The van der Waals surface area contributed by atoms with Crippen LogP contribution < -0.4 is 21.3 Å². The number of ether oxygens (including phenoxy) is 8. The number of carbonyl (C=O) groups is 4. The van der Waals surface area contributed by atoms with Crippen LogP contribution in [-0.4, -0.2) is 286 Å². The summed E-state index contributed by atoms with van der Waals surface area (Å²) in [6.45, 7) is -2.38. The Morgan fingerprint density at radius 2 is 1.00 bits per heavy atom. The van der Waals surface area contributed by atoms with Crippen LogP contribution in [0.2, 0.25) is 0 Å². The van der Waals surface area contributed by atoms with Crippen LogP contribution in [0.25, 0.3) is 0 Å².